The highest BCUT2D eigenvalue weighted by atomic mass is 35.5. The molecule has 0 N–H and O–H groups in total. The van der Waals surface area contributed by atoms with Crippen molar-refractivity contribution in [1.29, 1.82) is 0 Å². The quantitative estimate of drug-likeness (QED) is 0.601. The van der Waals surface area contributed by atoms with Crippen molar-refractivity contribution in [3.05, 3.63) is 76.4 Å². The van der Waals surface area contributed by atoms with Gasteiger partial charge in [-0.15, -0.1) is 0 Å². The molecule has 2 aromatic heterocycles. The van der Waals surface area contributed by atoms with Crippen molar-refractivity contribution in [2.75, 3.05) is 0 Å². The predicted octanol–water partition coefficient (Wildman–Crippen LogP) is 5.47. The molecule has 6 heteroatoms. The number of rotatable bonds is 2. The highest BCUT2D eigenvalue weighted by Crippen LogP contribution is 2.38. The molecule has 4 rings (SSSR count). The molecule has 0 fully saturated rings. The van der Waals surface area contributed by atoms with Gasteiger partial charge in [0.05, 0.1) is 17.0 Å². The van der Waals surface area contributed by atoms with Gasteiger partial charge in [-0.1, -0.05) is 28.4 Å². The maximum atomic E-state index is 6.60. The fourth-order valence-electron chi connectivity index (χ4n) is 2.90. The molecule has 0 saturated carbocycles. The molecule has 1 aliphatic heterocycles. The van der Waals surface area contributed by atoms with Crippen LogP contribution in [0.25, 0.3) is 11.1 Å². The van der Waals surface area contributed by atoms with E-state index in [-0.39, 0.29) is 0 Å². The number of aromatic nitrogens is 2. The van der Waals surface area contributed by atoms with Crippen molar-refractivity contribution in [1.82, 2.24) is 10.1 Å². The molecule has 0 aliphatic carbocycles. The number of pyridine rings is 1. The van der Waals surface area contributed by atoms with Crippen LogP contribution in [0.15, 0.2) is 58.3 Å². The lowest BCUT2D eigenvalue weighted by molar-refractivity contribution is 0.407. The Morgan fingerprint density at radius 3 is 2.56 bits per heavy atom. The van der Waals surface area contributed by atoms with Crippen LogP contribution in [0.2, 0.25) is 5.02 Å². The van der Waals surface area contributed by atoms with Gasteiger partial charge in [-0.3, -0.25) is 4.98 Å². The summed E-state index contributed by atoms with van der Waals surface area (Å²) in [6.45, 7) is 1.87. The van der Waals surface area contributed by atoms with Crippen LogP contribution >= 0.6 is 23.2 Å². The first-order valence-electron chi connectivity index (χ1n) is 7.72. The first kappa shape index (κ1) is 16.1. The zero-order valence-corrected chi connectivity index (χ0v) is 14.8. The average molecular weight is 370 g/mol. The Hall–Kier alpha value is -2.43. The van der Waals surface area contributed by atoms with Crippen LogP contribution in [-0.4, -0.2) is 15.3 Å². The summed E-state index contributed by atoms with van der Waals surface area (Å²) in [6, 6.07) is 11.3. The summed E-state index contributed by atoms with van der Waals surface area (Å²) in [5.74, 6) is 0.594. The van der Waals surface area contributed by atoms with Gasteiger partial charge in [0.15, 0.2) is 5.76 Å². The van der Waals surface area contributed by atoms with E-state index < -0.39 is 0 Å². The van der Waals surface area contributed by atoms with Crippen molar-refractivity contribution < 1.29 is 4.52 Å². The Labute approximate surface area is 154 Å². The highest BCUT2D eigenvalue weighted by molar-refractivity contribution is 6.77. The molecule has 3 aromatic rings. The number of fused-ring (bicyclic) bond motifs is 1. The van der Waals surface area contributed by atoms with E-state index in [9.17, 15) is 0 Å². The molecule has 3 heterocycles. The van der Waals surface area contributed by atoms with Crippen LogP contribution in [0.5, 0.6) is 0 Å². The number of aliphatic imine (C=N–C) groups is 1. The number of aryl methyl sites for hydroxylation is 1. The molecule has 0 bridgehead atoms. The number of hydrogen-bond donors (Lipinski definition) is 0. The maximum absolute atomic E-state index is 6.60. The summed E-state index contributed by atoms with van der Waals surface area (Å²) < 4.78 is 5.49. The van der Waals surface area contributed by atoms with Crippen LogP contribution in [0, 0.1) is 6.92 Å². The van der Waals surface area contributed by atoms with Gasteiger partial charge in [-0.05, 0) is 54.0 Å². The smallest absolute Gasteiger partial charge is 0.170 e. The third kappa shape index (κ3) is 3.11. The van der Waals surface area contributed by atoms with E-state index in [1.165, 1.54) is 0 Å². The molecule has 0 unspecified atom stereocenters. The lowest BCUT2D eigenvalue weighted by Gasteiger charge is -2.11. The van der Waals surface area contributed by atoms with E-state index in [1.807, 2.05) is 43.3 Å². The second-order valence-electron chi connectivity index (χ2n) is 5.77. The molecule has 0 spiro atoms. The van der Waals surface area contributed by atoms with Crippen LogP contribution in [0.4, 0.5) is 5.69 Å². The first-order valence-corrected chi connectivity index (χ1v) is 8.47. The van der Waals surface area contributed by atoms with Crippen molar-refractivity contribution in [3.8, 4) is 0 Å². The van der Waals surface area contributed by atoms with Gasteiger partial charge in [0.1, 0.15) is 5.17 Å². The number of halogens is 2. The Balaban J connectivity index is 1.99. The monoisotopic (exact) mass is 369 g/mol. The Morgan fingerprint density at radius 2 is 1.84 bits per heavy atom. The number of hydrogen-bond acceptors (Lipinski definition) is 4. The summed E-state index contributed by atoms with van der Waals surface area (Å²) >= 11 is 12.8. The number of nitrogens with zero attached hydrogens (tertiary/aromatic N) is 3. The standard InChI is InChI=1S/C19H13Cl2N3O/c1-11-8-17(25-24-11)18-15(12-4-6-22-7-5-12)10-13-9-14(20)2-3-16(13)23-19(18)21/h2-9H,10H2,1H3. The zero-order chi connectivity index (χ0) is 17.4. The van der Waals surface area contributed by atoms with Crippen LogP contribution < -0.4 is 0 Å². The third-order valence-electron chi connectivity index (χ3n) is 4.04. The van der Waals surface area contributed by atoms with E-state index >= 15 is 0 Å². The molecule has 0 amide bonds. The molecule has 4 nitrogen and oxygen atoms in total. The molecule has 1 aromatic carbocycles. The maximum Gasteiger partial charge on any atom is 0.170 e. The molecule has 0 saturated heterocycles. The van der Waals surface area contributed by atoms with Gasteiger partial charge in [0, 0.05) is 29.9 Å². The van der Waals surface area contributed by atoms with E-state index in [1.54, 1.807) is 12.4 Å². The molecule has 25 heavy (non-hydrogen) atoms. The first-order chi connectivity index (χ1) is 12.1. The van der Waals surface area contributed by atoms with Crippen LogP contribution in [0.3, 0.4) is 0 Å². The number of allylic oxidation sites excluding steroid dienone is 2. The van der Waals surface area contributed by atoms with Gasteiger partial charge in [-0.25, -0.2) is 4.99 Å². The minimum Gasteiger partial charge on any atom is -0.356 e. The van der Waals surface area contributed by atoms with Gasteiger partial charge in [0.2, 0.25) is 0 Å². The van der Waals surface area contributed by atoms with Crippen LogP contribution in [0.1, 0.15) is 22.6 Å². The van der Waals surface area contributed by atoms with Gasteiger partial charge in [0.25, 0.3) is 0 Å². The molecule has 1 aliphatic rings. The Bertz CT molecular complexity index is 1010. The summed E-state index contributed by atoms with van der Waals surface area (Å²) in [7, 11) is 0. The minimum absolute atomic E-state index is 0.365. The lowest BCUT2D eigenvalue weighted by Crippen LogP contribution is -1.99. The lowest BCUT2D eigenvalue weighted by atomic mass is 9.93. The van der Waals surface area contributed by atoms with Gasteiger partial charge in [-0.2, -0.15) is 0 Å². The van der Waals surface area contributed by atoms with Gasteiger partial charge < -0.3 is 4.52 Å². The Morgan fingerprint density at radius 1 is 1.04 bits per heavy atom. The van der Waals surface area contributed by atoms with Crippen molar-refractivity contribution in [3.63, 3.8) is 0 Å². The van der Waals surface area contributed by atoms with Gasteiger partial charge >= 0.3 is 0 Å². The fraction of sp³-hybridized carbons (Fsp3) is 0.105. The highest BCUT2D eigenvalue weighted by Gasteiger charge is 2.24. The molecule has 0 radical (unpaired) electrons. The van der Waals surface area contributed by atoms with E-state index in [2.05, 4.69) is 15.1 Å². The molecular formula is C19H13Cl2N3O. The average Bonchev–Trinajstić information content (AvgIpc) is 2.97. The van der Waals surface area contributed by atoms with E-state index in [4.69, 9.17) is 27.7 Å². The second-order valence-corrected chi connectivity index (χ2v) is 6.57. The fourth-order valence-corrected chi connectivity index (χ4v) is 3.39. The Kier molecular flexibility index (Phi) is 4.15. The summed E-state index contributed by atoms with van der Waals surface area (Å²) in [5.41, 5.74) is 5.32. The van der Waals surface area contributed by atoms with E-state index in [0.29, 0.717) is 22.4 Å². The summed E-state index contributed by atoms with van der Waals surface area (Å²) in [4.78, 5) is 8.69. The van der Waals surface area contributed by atoms with E-state index in [0.717, 1.165) is 33.7 Å². The minimum atomic E-state index is 0.365. The molecular weight excluding hydrogens is 357 g/mol. The SMILES string of the molecule is Cc1cc(C2=C(c3ccncc3)Cc3cc(Cl)ccc3N=C2Cl)on1. The largest absolute Gasteiger partial charge is 0.356 e. The third-order valence-corrected chi connectivity index (χ3v) is 4.55. The van der Waals surface area contributed by atoms with Crippen molar-refractivity contribution in [2.24, 2.45) is 4.99 Å². The second kappa shape index (κ2) is 6.47. The zero-order valence-electron chi connectivity index (χ0n) is 13.3. The van der Waals surface area contributed by atoms with Crippen molar-refractivity contribution >= 4 is 45.2 Å². The normalized spacial score (nSPS) is 14.1. The van der Waals surface area contributed by atoms with Crippen LogP contribution in [-0.2, 0) is 6.42 Å². The number of benzene rings is 1. The molecule has 0 atom stereocenters. The van der Waals surface area contributed by atoms with Crippen molar-refractivity contribution in [2.45, 2.75) is 13.3 Å². The summed E-state index contributed by atoms with van der Waals surface area (Å²) in [6.07, 6.45) is 4.12. The molecule has 124 valence electrons. The summed E-state index contributed by atoms with van der Waals surface area (Å²) in [5, 5.41) is 5.02. The predicted molar refractivity (Wildman–Crippen MR) is 100 cm³/mol. The topological polar surface area (TPSA) is 51.3 Å².